The summed E-state index contributed by atoms with van der Waals surface area (Å²) in [5.74, 6) is 0.976. The van der Waals surface area contributed by atoms with Crippen LogP contribution in [0.2, 0.25) is 0 Å². The van der Waals surface area contributed by atoms with E-state index in [0.717, 1.165) is 53.9 Å². The Morgan fingerprint density at radius 3 is 2.54 bits per heavy atom. The molecule has 0 amide bonds. The minimum atomic E-state index is -0.476. The van der Waals surface area contributed by atoms with E-state index in [2.05, 4.69) is 37.5 Å². The van der Waals surface area contributed by atoms with Gasteiger partial charge in [0.05, 0.1) is 17.8 Å². The molecule has 0 aliphatic carbocycles. The Labute approximate surface area is 162 Å². The van der Waals surface area contributed by atoms with Crippen LogP contribution in [0.25, 0.3) is 16.4 Å². The number of aromatic nitrogens is 7. The zero-order chi connectivity index (χ0) is 19.3. The second-order valence-electron chi connectivity index (χ2n) is 7.99. The summed E-state index contributed by atoms with van der Waals surface area (Å²) in [6.45, 7) is 5.69. The second-order valence-corrected chi connectivity index (χ2v) is 7.99. The Kier molecular flexibility index (Phi) is 3.80. The summed E-state index contributed by atoms with van der Waals surface area (Å²) in [6, 6.07) is 8.56. The van der Waals surface area contributed by atoms with E-state index in [4.69, 9.17) is 10.8 Å². The Balaban J connectivity index is 1.42. The molecule has 144 valence electrons. The average molecular weight is 377 g/mol. The van der Waals surface area contributed by atoms with Gasteiger partial charge in [0, 0.05) is 23.9 Å². The van der Waals surface area contributed by atoms with Crippen LogP contribution >= 0.6 is 0 Å². The van der Waals surface area contributed by atoms with E-state index in [0.29, 0.717) is 6.04 Å². The van der Waals surface area contributed by atoms with Crippen LogP contribution in [0.3, 0.4) is 0 Å². The zero-order valence-corrected chi connectivity index (χ0v) is 16.0. The normalized spacial score (nSPS) is 16.3. The Bertz CT molecular complexity index is 1130. The molecule has 1 saturated heterocycles. The number of benzene rings is 1. The summed E-state index contributed by atoms with van der Waals surface area (Å²) in [5, 5.41) is 23.8. The number of rotatable bonds is 3. The lowest BCUT2D eigenvalue weighted by Crippen LogP contribution is -2.35. The largest absolute Gasteiger partial charge is 0.355 e. The lowest BCUT2D eigenvalue weighted by Gasteiger charge is -2.33. The third-order valence-corrected chi connectivity index (χ3v) is 5.45. The molecule has 5 rings (SSSR count). The number of hydrogen-bond donors (Lipinski definition) is 1. The van der Waals surface area contributed by atoms with Gasteiger partial charge in [-0.1, -0.05) is 29.5 Å². The Hall–Kier alpha value is -3.07. The summed E-state index contributed by atoms with van der Waals surface area (Å²) < 4.78 is 3.73. The van der Waals surface area contributed by atoms with E-state index >= 15 is 0 Å². The molecule has 28 heavy (non-hydrogen) atoms. The monoisotopic (exact) mass is 377 g/mol. The van der Waals surface area contributed by atoms with Gasteiger partial charge in [0.15, 0.2) is 11.5 Å². The smallest absolute Gasteiger partial charge is 0.185 e. The third kappa shape index (κ3) is 2.78. The minimum absolute atomic E-state index is 0.324. The summed E-state index contributed by atoms with van der Waals surface area (Å²) in [7, 11) is 0. The predicted molar refractivity (Wildman–Crippen MR) is 106 cm³/mol. The molecular formula is C19H23N9. The maximum Gasteiger partial charge on any atom is 0.185 e. The third-order valence-electron chi connectivity index (χ3n) is 5.45. The van der Waals surface area contributed by atoms with Crippen molar-refractivity contribution in [2.75, 3.05) is 18.0 Å². The van der Waals surface area contributed by atoms with Crippen LogP contribution in [0.4, 0.5) is 5.82 Å². The Morgan fingerprint density at radius 1 is 1.07 bits per heavy atom. The van der Waals surface area contributed by atoms with Crippen molar-refractivity contribution < 1.29 is 0 Å². The highest BCUT2D eigenvalue weighted by molar-refractivity contribution is 6.00. The molecule has 0 unspecified atom stereocenters. The molecule has 9 heteroatoms. The van der Waals surface area contributed by atoms with Gasteiger partial charge in [0.2, 0.25) is 0 Å². The predicted octanol–water partition coefficient (Wildman–Crippen LogP) is 1.90. The van der Waals surface area contributed by atoms with Crippen LogP contribution in [-0.4, -0.2) is 47.9 Å². The molecule has 1 aromatic carbocycles. The van der Waals surface area contributed by atoms with Crippen LogP contribution in [0.5, 0.6) is 0 Å². The van der Waals surface area contributed by atoms with Crippen molar-refractivity contribution in [2.45, 2.75) is 38.3 Å². The maximum absolute atomic E-state index is 6.14. The topological polar surface area (TPSA) is 103 Å². The summed E-state index contributed by atoms with van der Waals surface area (Å²) in [4.78, 5) is 2.34. The van der Waals surface area contributed by atoms with Crippen molar-refractivity contribution in [3.05, 3.63) is 42.5 Å². The van der Waals surface area contributed by atoms with E-state index < -0.39 is 5.54 Å². The summed E-state index contributed by atoms with van der Waals surface area (Å²) >= 11 is 0. The van der Waals surface area contributed by atoms with Crippen LogP contribution in [0.1, 0.15) is 38.4 Å². The van der Waals surface area contributed by atoms with Gasteiger partial charge in [-0.2, -0.15) is 4.52 Å². The molecule has 3 aromatic heterocycles. The fourth-order valence-electron chi connectivity index (χ4n) is 3.84. The molecule has 1 aliphatic heterocycles. The first-order chi connectivity index (χ1) is 13.5. The van der Waals surface area contributed by atoms with E-state index in [-0.39, 0.29) is 0 Å². The van der Waals surface area contributed by atoms with E-state index in [9.17, 15) is 0 Å². The highest BCUT2D eigenvalue weighted by atomic mass is 15.4. The standard InChI is InChI=1S/C19H23N9/c1-19(2,20)16-11-27(25-22-16)13-7-9-26(10-8-13)18-15-6-4-3-5-14(15)17-23-21-12-28(17)24-18/h3-6,11-13H,7-10,20H2,1-2H3. The molecule has 0 saturated carbocycles. The first-order valence-electron chi connectivity index (χ1n) is 9.55. The lowest BCUT2D eigenvalue weighted by atomic mass is 10.0. The van der Waals surface area contributed by atoms with Gasteiger partial charge in [-0.25, -0.2) is 4.68 Å². The average Bonchev–Trinajstić information content (AvgIpc) is 3.37. The van der Waals surface area contributed by atoms with Crippen molar-refractivity contribution in [1.82, 2.24) is 34.8 Å². The van der Waals surface area contributed by atoms with Crippen LogP contribution in [0.15, 0.2) is 36.8 Å². The first-order valence-corrected chi connectivity index (χ1v) is 9.55. The molecule has 4 heterocycles. The van der Waals surface area contributed by atoms with E-state index in [1.54, 1.807) is 10.8 Å². The van der Waals surface area contributed by atoms with Crippen molar-refractivity contribution >= 4 is 22.2 Å². The van der Waals surface area contributed by atoms with Crippen LogP contribution in [-0.2, 0) is 5.54 Å². The lowest BCUT2D eigenvalue weighted by molar-refractivity contribution is 0.359. The molecule has 0 spiro atoms. The molecule has 4 aromatic rings. The molecular weight excluding hydrogens is 354 g/mol. The molecule has 2 N–H and O–H groups in total. The SMILES string of the molecule is CC(C)(N)c1cn(C2CCN(c3nn4cnnc4c4ccccc34)CC2)nn1. The van der Waals surface area contributed by atoms with Crippen molar-refractivity contribution in [2.24, 2.45) is 5.73 Å². The van der Waals surface area contributed by atoms with Gasteiger partial charge in [0.25, 0.3) is 0 Å². The highest BCUT2D eigenvalue weighted by Gasteiger charge is 2.26. The Morgan fingerprint density at radius 2 is 1.82 bits per heavy atom. The van der Waals surface area contributed by atoms with Crippen molar-refractivity contribution in [3.8, 4) is 0 Å². The quantitative estimate of drug-likeness (QED) is 0.581. The molecule has 1 aliphatic rings. The minimum Gasteiger partial charge on any atom is -0.355 e. The van der Waals surface area contributed by atoms with Gasteiger partial charge < -0.3 is 10.6 Å². The van der Waals surface area contributed by atoms with E-state index in [1.807, 2.05) is 36.9 Å². The van der Waals surface area contributed by atoms with Gasteiger partial charge in [-0.15, -0.1) is 20.4 Å². The fraction of sp³-hybridized carbons (Fsp3) is 0.421. The van der Waals surface area contributed by atoms with E-state index in [1.165, 1.54) is 0 Å². The van der Waals surface area contributed by atoms with Crippen molar-refractivity contribution in [3.63, 3.8) is 0 Å². The number of piperidine rings is 1. The van der Waals surface area contributed by atoms with Crippen molar-refractivity contribution in [1.29, 1.82) is 0 Å². The maximum atomic E-state index is 6.14. The molecule has 9 nitrogen and oxygen atoms in total. The van der Waals surface area contributed by atoms with Gasteiger partial charge in [-0.05, 0) is 26.7 Å². The number of nitrogens with zero attached hydrogens (tertiary/aromatic N) is 8. The summed E-state index contributed by atoms with van der Waals surface area (Å²) in [6.07, 6.45) is 5.59. The highest BCUT2D eigenvalue weighted by Crippen LogP contribution is 2.31. The summed E-state index contributed by atoms with van der Waals surface area (Å²) in [5.41, 5.74) is 7.27. The van der Waals surface area contributed by atoms with Gasteiger partial charge in [0.1, 0.15) is 12.0 Å². The number of hydrogen-bond acceptors (Lipinski definition) is 7. The molecule has 0 radical (unpaired) electrons. The van der Waals surface area contributed by atoms with Crippen LogP contribution in [0, 0.1) is 0 Å². The molecule has 0 bridgehead atoms. The number of nitrogens with two attached hydrogens (primary N) is 1. The molecule has 1 fully saturated rings. The fourth-order valence-corrected chi connectivity index (χ4v) is 3.84. The second kappa shape index (κ2) is 6.23. The molecule has 0 atom stereocenters. The zero-order valence-electron chi connectivity index (χ0n) is 16.0. The van der Waals surface area contributed by atoms with Crippen LogP contribution < -0.4 is 10.6 Å². The first kappa shape index (κ1) is 17.1. The number of fused-ring (bicyclic) bond motifs is 3. The van der Waals surface area contributed by atoms with Gasteiger partial charge >= 0.3 is 0 Å². The van der Waals surface area contributed by atoms with Gasteiger partial charge in [-0.3, -0.25) is 0 Å². The number of anilines is 1.